The van der Waals surface area contributed by atoms with E-state index in [0.717, 1.165) is 30.9 Å². The van der Waals surface area contributed by atoms with Crippen LogP contribution in [0.15, 0.2) is 18.2 Å². The Morgan fingerprint density at radius 1 is 1.29 bits per heavy atom. The minimum atomic E-state index is -0.326. The van der Waals surface area contributed by atoms with Gasteiger partial charge in [-0.2, -0.15) is 0 Å². The van der Waals surface area contributed by atoms with Crippen LogP contribution in [-0.4, -0.2) is 32.2 Å². The molecule has 114 valence electrons. The first-order valence-electron chi connectivity index (χ1n) is 7.54. The fourth-order valence-electron chi connectivity index (χ4n) is 3.04. The molecule has 0 aromatic heterocycles. The molecule has 0 bridgehead atoms. The highest BCUT2D eigenvalue weighted by atomic mass is 16.6. The van der Waals surface area contributed by atoms with E-state index in [1.54, 1.807) is 0 Å². The fraction of sp³-hybridized carbons (Fsp3) is 0.562. The topological polar surface area (TPSA) is 59.6 Å². The van der Waals surface area contributed by atoms with Crippen LogP contribution >= 0.6 is 0 Å². The maximum absolute atomic E-state index is 12.7. The number of rotatable bonds is 3. The molecule has 2 aliphatic heterocycles. The van der Waals surface area contributed by atoms with E-state index in [4.69, 9.17) is 9.47 Å². The van der Waals surface area contributed by atoms with Crippen LogP contribution < -0.4 is 20.1 Å². The quantitative estimate of drug-likeness (QED) is 0.894. The minimum absolute atomic E-state index is 0.0826. The molecule has 1 unspecified atom stereocenters. The summed E-state index contributed by atoms with van der Waals surface area (Å²) in [5, 5.41) is 6.35. The number of ether oxygens (including phenoxy) is 2. The van der Waals surface area contributed by atoms with Crippen molar-refractivity contribution in [1.82, 2.24) is 5.32 Å². The van der Waals surface area contributed by atoms with Crippen LogP contribution in [0.5, 0.6) is 11.5 Å². The average Bonchev–Trinajstić information content (AvgIpc) is 2.98. The molecule has 5 nitrogen and oxygen atoms in total. The standard InChI is InChI=1S/C16H22N2O3/c1-11(2)16(5-6-17-10-16)15(19)18-12-3-4-13-14(9-12)21-8-7-20-13/h3-4,9,11,17H,5-8,10H2,1-2H3,(H,18,19). The lowest BCUT2D eigenvalue weighted by molar-refractivity contribution is -0.126. The molecule has 1 saturated heterocycles. The van der Waals surface area contributed by atoms with Crippen molar-refractivity contribution >= 4 is 11.6 Å². The number of carbonyl (C=O) groups is 1. The van der Waals surface area contributed by atoms with E-state index in [2.05, 4.69) is 24.5 Å². The zero-order chi connectivity index (χ0) is 14.9. The van der Waals surface area contributed by atoms with Crippen molar-refractivity contribution in [2.75, 3.05) is 31.6 Å². The lowest BCUT2D eigenvalue weighted by atomic mass is 9.75. The highest BCUT2D eigenvalue weighted by Gasteiger charge is 2.43. The monoisotopic (exact) mass is 290 g/mol. The van der Waals surface area contributed by atoms with Crippen molar-refractivity contribution in [3.63, 3.8) is 0 Å². The van der Waals surface area contributed by atoms with E-state index in [0.29, 0.717) is 24.9 Å². The van der Waals surface area contributed by atoms with E-state index >= 15 is 0 Å². The third-order valence-corrected chi connectivity index (χ3v) is 4.55. The molecule has 1 fully saturated rings. The van der Waals surface area contributed by atoms with Crippen molar-refractivity contribution in [1.29, 1.82) is 0 Å². The molecule has 1 atom stereocenters. The van der Waals surface area contributed by atoms with Crippen molar-refractivity contribution < 1.29 is 14.3 Å². The summed E-state index contributed by atoms with van der Waals surface area (Å²) >= 11 is 0. The summed E-state index contributed by atoms with van der Waals surface area (Å²) in [5.41, 5.74) is 0.434. The molecule has 2 N–H and O–H groups in total. The molecule has 5 heteroatoms. The lowest BCUT2D eigenvalue weighted by Crippen LogP contribution is -2.42. The predicted octanol–water partition coefficient (Wildman–Crippen LogP) is 2.03. The molecular formula is C16H22N2O3. The summed E-state index contributed by atoms with van der Waals surface area (Å²) < 4.78 is 11.0. The van der Waals surface area contributed by atoms with Crippen LogP contribution in [0.1, 0.15) is 20.3 Å². The molecule has 2 heterocycles. The third-order valence-electron chi connectivity index (χ3n) is 4.55. The van der Waals surface area contributed by atoms with Gasteiger partial charge in [-0.1, -0.05) is 13.8 Å². The molecular weight excluding hydrogens is 268 g/mol. The van der Waals surface area contributed by atoms with Gasteiger partial charge in [-0.15, -0.1) is 0 Å². The van der Waals surface area contributed by atoms with Crippen LogP contribution in [0.2, 0.25) is 0 Å². The van der Waals surface area contributed by atoms with E-state index in [9.17, 15) is 4.79 Å². The summed E-state index contributed by atoms with van der Waals surface area (Å²) in [4.78, 5) is 12.7. The average molecular weight is 290 g/mol. The molecule has 0 saturated carbocycles. The van der Waals surface area contributed by atoms with Gasteiger partial charge in [0.2, 0.25) is 5.91 Å². The van der Waals surface area contributed by atoms with Gasteiger partial charge in [-0.3, -0.25) is 4.79 Å². The minimum Gasteiger partial charge on any atom is -0.486 e. The Balaban J connectivity index is 1.78. The number of fused-ring (bicyclic) bond motifs is 1. The zero-order valence-corrected chi connectivity index (χ0v) is 12.6. The predicted molar refractivity (Wildman–Crippen MR) is 80.8 cm³/mol. The van der Waals surface area contributed by atoms with Gasteiger partial charge in [0.05, 0.1) is 5.41 Å². The van der Waals surface area contributed by atoms with Gasteiger partial charge in [0, 0.05) is 18.3 Å². The largest absolute Gasteiger partial charge is 0.486 e. The van der Waals surface area contributed by atoms with Gasteiger partial charge in [0.25, 0.3) is 0 Å². The first-order chi connectivity index (χ1) is 10.1. The fourth-order valence-corrected chi connectivity index (χ4v) is 3.04. The molecule has 1 amide bonds. The Morgan fingerprint density at radius 2 is 2.05 bits per heavy atom. The molecule has 3 rings (SSSR count). The normalized spacial score (nSPS) is 24.1. The maximum atomic E-state index is 12.7. The van der Waals surface area contributed by atoms with Gasteiger partial charge < -0.3 is 20.1 Å². The number of nitrogens with one attached hydrogen (secondary N) is 2. The molecule has 1 aromatic carbocycles. The van der Waals surface area contributed by atoms with Crippen LogP contribution in [0.3, 0.4) is 0 Å². The van der Waals surface area contributed by atoms with Crippen molar-refractivity contribution in [3.05, 3.63) is 18.2 Å². The SMILES string of the molecule is CC(C)C1(C(=O)Nc2ccc3c(c2)OCCO3)CCNC1. The Bertz CT molecular complexity index is 536. The smallest absolute Gasteiger partial charge is 0.232 e. The summed E-state index contributed by atoms with van der Waals surface area (Å²) in [7, 11) is 0. The van der Waals surface area contributed by atoms with Gasteiger partial charge >= 0.3 is 0 Å². The molecule has 0 aliphatic carbocycles. The van der Waals surface area contributed by atoms with Crippen LogP contribution in [-0.2, 0) is 4.79 Å². The second-order valence-corrected chi connectivity index (χ2v) is 6.05. The Kier molecular flexibility index (Phi) is 3.76. The van der Waals surface area contributed by atoms with Crippen molar-refractivity contribution in [2.24, 2.45) is 11.3 Å². The number of amides is 1. The molecule has 2 aliphatic rings. The third kappa shape index (κ3) is 2.58. The van der Waals surface area contributed by atoms with E-state index in [-0.39, 0.29) is 11.3 Å². The number of carbonyl (C=O) groups excluding carboxylic acids is 1. The zero-order valence-electron chi connectivity index (χ0n) is 12.6. The Hall–Kier alpha value is -1.75. The van der Waals surface area contributed by atoms with Crippen LogP contribution in [0.4, 0.5) is 5.69 Å². The number of benzene rings is 1. The van der Waals surface area contributed by atoms with Crippen LogP contribution in [0, 0.1) is 11.3 Å². The van der Waals surface area contributed by atoms with Gasteiger partial charge in [-0.05, 0) is 31.0 Å². The lowest BCUT2D eigenvalue weighted by Gasteiger charge is -2.31. The Morgan fingerprint density at radius 3 is 2.71 bits per heavy atom. The van der Waals surface area contributed by atoms with E-state index < -0.39 is 0 Å². The summed E-state index contributed by atoms with van der Waals surface area (Å²) in [6, 6.07) is 5.55. The number of hydrogen-bond donors (Lipinski definition) is 2. The van der Waals surface area contributed by atoms with Gasteiger partial charge in [-0.25, -0.2) is 0 Å². The second-order valence-electron chi connectivity index (χ2n) is 6.05. The molecule has 21 heavy (non-hydrogen) atoms. The van der Waals surface area contributed by atoms with Gasteiger partial charge in [0.1, 0.15) is 13.2 Å². The van der Waals surface area contributed by atoms with E-state index in [1.165, 1.54) is 0 Å². The van der Waals surface area contributed by atoms with Crippen molar-refractivity contribution in [2.45, 2.75) is 20.3 Å². The number of anilines is 1. The number of hydrogen-bond acceptors (Lipinski definition) is 4. The first-order valence-corrected chi connectivity index (χ1v) is 7.54. The van der Waals surface area contributed by atoms with E-state index in [1.807, 2.05) is 18.2 Å². The summed E-state index contributed by atoms with van der Waals surface area (Å²) in [6.07, 6.45) is 0.876. The van der Waals surface area contributed by atoms with Crippen molar-refractivity contribution in [3.8, 4) is 11.5 Å². The molecule has 0 radical (unpaired) electrons. The molecule has 1 aromatic rings. The molecule has 0 spiro atoms. The summed E-state index contributed by atoms with van der Waals surface area (Å²) in [5.74, 6) is 1.81. The highest BCUT2D eigenvalue weighted by Crippen LogP contribution is 2.37. The Labute approximate surface area is 125 Å². The highest BCUT2D eigenvalue weighted by molar-refractivity contribution is 5.96. The summed E-state index contributed by atoms with van der Waals surface area (Å²) in [6.45, 7) is 6.96. The maximum Gasteiger partial charge on any atom is 0.232 e. The van der Waals surface area contributed by atoms with Crippen LogP contribution in [0.25, 0.3) is 0 Å². The first kappa shape index (κ1) is 14.2. The second kappa shape index (κ2) is 5.56. The van der Waals surface area contributed by atoms with Gasteiger partial charge in [0.15, 0.2) is 11.5 Å².